The molecule has 3 nitrogen and oxygen atoms in total. The maximum absolute atomic E-state index is 9.02. The summed E-state index contributed by atoms with van der Waals surface area (Å²) in [5.41, 5.74) is 4.00. The average Bonchev–Trinajstić information content (AvgIpc) is 2.48. The first-order valence-electron chi connectivity index (χ1n) is 6.43. The van der Waals surface area contributed by atoms with E-state index in [4.69, 9.17) is 21.4 Å². The Hall–Kier alpha value is -1.55. The molecule has 0 aliphatic heterocycles. The molecule has 0 spiro atoms. The van der Waals surface area contributed by atoms with Gasteiger partial charge < -0.3 is 15.2 Å². The molecule has 2 aromatic rings. The Morgan fingerprint density at radius 2 is 1.80 bits per heavy atom. The maximum Gasteiger partial charge on any atom is 0.0747 e. The van der Waals surface area contributed by atoms with E-state index in [1.165, 1.54) is 0 Å². The summed E-state index contributed by atoms with van der Waals surface area (Å²) >= 11 is 6.18. The summed E-state index contributed by atoms with van der Waals surface area (Å²) in [5.74, 6) is 0. The van der Waals surface area contributed by atoms with Crippen LogP contribution in [0.2, 0.25) is 5.02 Å². The molecule has 2 aromatic carbocycles. The highest BCUT2D eigenvalue weighted by atomic mass is 35.5. The molecule has 0 saturated heterocycles. The standard InChI is InChI=1S/C16H18ClNO2/c1-20-11-14-15(17)3-2-4-16(14)18-9-12-5-7-13(10-19)8-6-12/h2-8,18-19H,9-11H2,1H3. The number of halogens is 1. The third-order valence-electron chi connectivity index (χ3n) is 3.10. The summed E-state index contributed by atoms with van der Waals surface area (Å²) < 4.78 is 5.18. The van der Waals surface area contributed by atoms with Crippen molar-refractivity contribution in [2.75, 3.05) is 12.4 Å². The smallest absolute Gasteiger partial charge is 0.0747 e. The Balaban J connectivity index is 2.08. The molecular formula is C16H18ClNO2. The highest BCUT2D eigenvalue weighted by Crippen LogP contribution is 2.25. The van der Waals surface area contributed by atoms with Gasteiger partial charge in [-0.15, -0.1) is 0 Å². The number of aliphatic hydroxyl groups is 1. The zero-order chi connectivity index (χ0) is 14.4. The van der Waals surface area contributed by atoms with Crippen molar-refractivity contribution in [1.82, 2.24) is 0 Å². The largest absolute Gasteiger partial charge is 0.392 e. The highest BCUT2D eigenvalue weighted by Gasteiger charge is 2.06. The molecule has 2 rings (SSSR count). The minimum Gasteiger partial charge on any atom is -0.392 e. The highest BCUT2D eigenvalue weighted by molar-refractivity contribution is 6.31. The van der Waals surface area contributed by atoms with Gasteiger partial charge in [0.1, 0.15) is 0 Å². The predicted molar refractivity (Wildman–Crippen MR) is 81.9 cm³/mol. The van der Waals surface area contributed by atoms with Crippen molar-refractivity contribution in [3.63, 3.8) is 0 Å². The third-order valence-corrected chi connectivity index (χ3v) is 3.45. The molecule has 0 radical (unpaired) electrons. The molecule has 0 aliphatic carbocycles. The third kappa shape index (κ3) is 3.73. The number of hydrogen-bond acceptors (Lipinski definition) is 3. The van der Waals surface area contributed by atoms with Crippen LogP contribution in [0.4, 0.5) is 5.69 Å². The molecule has 2 N–H and O–H groups in total. The lowest BCUT2D eigenvalue weighted by Gasteiger charge is -2.13. The molecule has 20 heavy (non-hydrogen) atoms. The fraction of sp³-hybridized carbons (Fsp3) is 0.250. The Labute approximate surface area is 124 Å². The molecule has 0 unspecified atom stereocenters. The van der Waals surface area contributed by atoms with E-state index in [-0.39, 0.29) is 6.61 Å². The second kappa shape index (κ2) is 7.29. The van der Waals surface area contributed by atoms with Gasteiger partial charge in [-0.05, 0) is 23.3 Å². The van der Waals surface area contributed by atoms with Gasteiger partial charge in [0.15, 0.2) is 0 Å². The van der Waals surface area contributed by atoms with Gasteiger partial charge in [0.2, 0.25) is 0 Å². The maximum atomic E-state index is 9.02. The van der Waals surface area contributed by atoms with Crippen molar-refractivity contribution >= 4 is 17.3 Å². The number of hydrogen-bond donors (Lipinski definition) is 2. The first kappa shape index (κ1) is 14.9. The van der Waals surface area contributed by atoms with Gasteiger partial charge in [0.05, 0.1) is 13.2 Å². The minimum absolute atomic E-state index is 0.0694. The molecule has 0 atom stereocenters. The summed E-state index contributed by atoms with van der Waals surface area (Å²) in [6, 6.07) is 13.6. The van der Waals surface area contributed by atoms with Gasteiger partial charge in [-0.2, -0.15) is 0 Å². The SMILES string of the molecule is COCc1c(Cl)cccc1NCc1ccc(CO)cc1. The molecule has 0 aliphatic rings. The number of benzene rings is 2. The molecule has 0 fully saturated rings. The van der Waals surface area contributed by atoms with Crippen molar-refractivity contribution in [3.05, 3.63) is 64.2 Å². The normalized spacial score (nSPS) is 10.6. The first-order chi connectivity index (χ1) is 9.74. The summed E-state index contributed by atoms with van der Waals surface area (Å²) in [5, 5.41) is 13.1. The van der Waals surface area contributed by atoms with Crippen molar-refractivity contribution in [1.29, 1.82) is 0 Å². The van der Waals surface area contributed by atoms with E-state index >= 15 is 0 Å². The van der Waals surface area contributed by atoms with E-state index < -0.39 is 0 Å². The van der Waals surface area contributed by atoms with E-state index in [0.717, 1.165) is 22.4 Å². The Kier molecular flexibility index (Phi) is 5.41. The van der Waals surface area contributed by atoms with E-state index in [1.54, 1.807) is 7.11 Å². The number of rotatable bonds is 6. The van der Waals surface area contributed by atoms with Crippen molar-refractivity contribution in [2.45, 2.75) is 19.8 Å². The van der Waals surface area contributed by atoms with Gasteiger partial charge >= 0.3 is 0 Å². The van der Waals surface area contributed by atoms with Crippen LogP contribution in [0.25, 0.3) is 0 Å². The molecule has 0 saturated carbocycles. The van der Waals surface area contributed by atoms with Crippen LogP contribution in [0, 0.1) is 0 Å². The van der Waals surface area contributed by atoms with Crippen LogP contribution < -0.4 is 5.32 Å². The lowest BCUT2D eigenvalue weighted by atomic mass is 10.1. The van der Waals surface area contributed by atoms with Gasteiger partial charge in [0.25, 0.3) is 0 Å². The molecule has 0 heterocycles. The van der Waals surface area contributed by atoms with Crippen LogP contribution in [0.15, 0.2) is 42.5 Å². The van der Waals surface area contributed by atoms with Gasteiger partial charge in [-0.25, -0.2) is 0 Å². The van der Waals surface area contributed by atoms with E-state index in [2.05, 4.69) is 5.32 Å². The number of anilines is 1. The molecule has 0 bridgehead atoms. The Morgan fingerprint density at radius 3 is 2.45 bits per heavy atom. The zero-order valence-electron chi connectivity index (χ0n) is 11.4. The Morgan fingerprint density at radius 1 is 1.10 bits per heavy atom. The number of ether oxygens (including phenoxy) is 1. The second-order valence-electron chi connectivity index (χ2n) is 4.53. The van der Waals surface area contributed by atoms with Gasteiger partial charge in [-0.3, -0.25) is 0 Å². The average molecular weight is 292 g/mol. The van der Waals surface area contributed by atoms with Gasteiger partial charge in [0, 0.05) is 29.9 Å². The first-order valence-corrected chi connectivity index (χ1v) is 6.81. The number of nitrogens with one attached hydrogen (secondary N) is 1. The van der Waals surface area contributed by atoms with E-state index in [9.17, 15) is 0 Å². The Bertz CT molecular complexity index is 555. The molecule has 4 heteroatoms. The summed E-state index contributed by atoms with van der Waals surface area (Å²) in [6.07, 6.45) is 0. The number of aliphatic hydroxyl groups excluding tert-OH is 1. The quantitative estimate of drug-likeness (QED) is 0.854. The van der Waals surface area contributed by atoms with Crippen LogP contribution in [0.3, 0.4) is 0 Å². The van der Waals surface area contributed by atoms with Crippen LogP contribution in [-0.2, 0) is 24.5 Å². The van der Waals surface area contributed by atoms with E-state index in [0.29, 0.717) is 18.2 Å². The van der Waals surface area contributed by atoms with Crippen LogP contribution in [0.5, 0.6) is 0 Å². The molecule has 0 amide bonds. The predicted octanol–water partition coefficient (Wildman–Crippen LogP) is 3.59. The molecular weight excluding hydrogens is 274 g/mol. The summed E-state index contributed by atoms with van der Waals surface area (Å²) in [6.45, 7) is 1.24. The molecule has 106 valence electrons. The van der Waals surface area contributed by atoms with Crippen LogP contribution in [0.1, 0.15) is 16.7 Å². The lowest BCUT2D eigenvalue weighted by molar-refractivity contribution is 0.185. The fourth-order valence-corrected chi connectivity index (χ4v) is 2.20. The van der Waals surface area contributed by atoms with Crippen LogP contribution >= 0.6 is 11.6 Å². The monoisotopic (exact) mass is 291 g/mol. The lowest BCUT2D eigenvalue weighted by Crippen LogP contribution is -2.03. The van der Waals surface area contributed by atoms with E-state index in [1.807, 2.05) is 42.5 Å². The fourth-order valence-electron chi connectivity index (χ4n) is 1.98. The summed E-state index contributed by atoms with van der Waals surface area (Å²) in [4.78, 5) is 0. The second-order valence-corrected chi connectivity index (χ2v) is 4.93. The van der Waals surface area contributed by atoms with Crippen molar-refractivity contribution < 1.29 is 9.84 Å². The van der Waals surface area contributed by atoms with Crippen LogP contribution in [-0.4, -0.2) is 12.2 Å². The summed E-state index contributed by atoms with van der Waals surface area (Å²) in [7, 11) is 1.65. The topological polar surface area (TPSA) is 41.5 Å². The van der Waals surface area contributed by atoms with Crippen molar-refractivity contribution in [2.24, 2.45) is 0 Å². The van der Waals surface area contributed by atoms with Crippen molar-refractivity contribution in [3.8, 4) is 0 Å². The number of methoxy groups -OCH3 is 1. The van der Waals surface area contributed by atoms with Gasteiger partial charge in [-0.1, -0.05) is 41.9 Å². The minimum atomic E-state index is 0.0694. The molecule has 0 aromatic heterocycles. The zero-order valence-corrected chi connectivity index (χ0v) is 12.2.